The van der Waals surface area contributed by atoms with Crippen molar-refractivity contribution >= 4 is 15.8 Å². The Bertz CT molecular complexity index is 541. The molecule has 1 unspecified atom stereocenters. The number of benzene rings is 1. The van der Waals surface area contributed by atoms with E-state index in [1.165, 1.54) is 6.07 Å². The minimum atomic E-state index is -3.66. The molecule has 0 aromatic heterocycles. The molecule has 0 heterocycles. The SMILES string of the molecule is CS(=O)(=O)c1ccc(C(CN)C(=O)O)cc1F. The number of carbonyl (C=O) groups is 1. The zero-order chi connectivity index (χ0) is 13.2. The highest BCUT2D eigenvalue weighted by Gasteiger charge is 2.21. The van der Waals surface area contributed by atoms with Crippen LogP contribution in [0.1, 0.15) is 11.5 Å². The minimum Gasteiger partial charge on any atom is -0.481 e. The number of carboxylic acids is 1. The molecule has 7 heteroatoms. The molecule has 0 radical (unpaired) electrons. The van der Waals surface area contributed by atoms with E-state index < -0.39 is 32.4 Å². The molecule has 1 aromatic rings. The van der Waals surface area contributed by atoms with E-state index in [0.717, 1.165) is 18.4 Å². The molecule has 3 N–H and O–H groups in total. The van der Waals surface area contributed by atoms with Gasteiger partial charge in [-0.1, -0.05) is 6.07 Å². The topological polar surface area (TPSA) is 97.5 Å². The van der Waals surface area contributed by atoms with Crippen molar-refractivity contribution in [1.82, 2.24) is 0 Å². The highest BCUT2D eigenvalue weighted by Crippen LogP contribution is 2.21. The summed E-state index contributed by atoms with van der Waals surface area (Å²) in [6, 6.07) is 3.19. The summed E-state index contributed by atoms with van der Waals surface area (Å²) in [6.07, 6.45) is 0.878. The second kappa shape index (κ2) is 4.80. The molecule has 0 amide bonds. The highest BCUT2D eigenvalue weighted by atomic mass is 32.2. The lowest BCUT2D eigenvalue weighted by atomic mass is 9.99. The summed E-state index contributed by atoms with van der Waals surface area (Å²) in [7, 11) is -3.66. The molecule has 0 saturated carbocycles. The first kappa shape index (κ1) is 13.6. The number of aliphatic carboxylic acids is 1. The molecule has 94 valence electrons. The molecule has 0 aliphatic rings. The standard InChI is InChI=1S/C10H12FNO4S/c1-17(15,16)9-3-2-6(4-8(9)11)7(5-12)10(13)14/h2-4,7H,5,12H2,1H3,(H,13,14). The van der Waals surface area contributed by atoms with Gasteiger partial charge < -0.3 is 10.8 Å². The number of hydrogen-bond donors (Lipinski definition) is 2. The Hall–Kier alpha value is -1.47. The van der Waals surface area contributed by atoms with Crippen LogP contribution in [0.25, 0.3) is 0 Å². The van der Waals surface area contributed by atoms with Crippen LogP contribution in [0.5, 0.6) is 0 Å². The Morgan fingerprint density at radius 1 is 1.53 bits per heavy atom. The molecule has 5 nitrogen and oxygen atoms in total. The van der Waals surface area contributed by atoms with E-state index in [0.29, 0.717) is 0 Å². The van der Waals surface area contributed by atoms with E-state index in [1.54, 1.807) is 0 Å². The lowest BCUT2D eigenvalue weighted by Crippen LogP contribution is -2.21. The van der Waals surface area contributed by atoms with Gasteiger partial charge in [-0.05, 0) is 17.7 Å². The Balaban J connectivity index is 3.26. The van der Waals surface area contributed by atoms with E-state index in [-0.39, 0.29) is 12.1 Å². The first-order valence-electron chi connectivity index (χ1n) is 4.69. The van der Waals surface area contributed by atoms with Gasteiger partial charge in [-0.15, -0.1) is 0 Å². The molecule has 17 heavy (non-hydrogen) atoms. The quantitative estimate of drug-likeness (QED) is 0.815. The van der Waals surface area contributed by atoms with Gasteiger partial charge in [-0.25, -0.2) is 12.8 Å². The van der Waals surface area contributed by atoms with Gasteiger partial charge in [-0.2, -0.15) is 0 Å². The third kappa shape index (κ3) is 3.01. The molecule has 0 fully saturated rings. The van der Waals surface area contributed by atoms with Crippen molar-refractivity contribution in [2.45, 2.75) is 10.8 Å². The van der Waals surface area contributed by atoms with Gasteiger partial charge in [0.2, 0.25) is 0 Å². The number of nitrogens with two attached hydrogens (primary N) is 1. The van der Waals surface area contributed by atoms with Crippen LogP contribution in [0.15, 0.2) is 23.1 Å². The van der Waals surface area contributed by atoms with Gasteiger partial charge in [-0.3, -0.25) is 4.79 Å². The van der Waals surface area contributed by atoms with Crippen LogP contribution in [0.2, 0.25) is 0 Å². The van der Waals surface area contributed by atoms with Gasteiger partial charge >= 0.3 is 5.97 Å². The van der Waals surface area contributed by atoms with Gasteiger partial charge in [0.1, 0.15) is 10.7 Å². The van der Waals surface area contributed by atoms with Crippen molar-refractivity contribution in [1.29, 1.82) is 0 Å². The molecule has 0 bridgehead atoms. The lowest BCUT2D eigenvalue weighted by Gasteiger charge is -2.11. The van der Waals surface area contributed by atoms with E-state index in [1.807, 2.05) is 0 Å². The summed E-state index contributed by atoms with van der Waals surface area (Å²) < 4.78 is 35.8. The average molecular weight is 261 g/mol. The second-order valence-electron chi connectivity index (χ2n) is 3.59. The number of hydrogen-bond acceptors (Lipinski definition) is 4. The zero-order valence-corrected chi connectivity index (χ0v) is 9.87. The van der Waals surface area contributed by atoms with Crippen LogP contribution in [-0.4, -0.2) is 32.3 Å². The normalized spacial score (nSPS) is 13.4. The maximum atomic E-state index is 13.5. The molecule has 0 aliphatic carbocycles. The van der Waals surface area contributed by atoms with Gasteiger partial charge in [0.05, 0.1) is 5.92 Å². The fraction of sp³-hybridized carbons (Fsp3) is 0.300. The van der Waals surface area contributed by atoms with Crippen LogP contribution >= 0.6 is 0 Å². The van der Waals surface area contributed by atoms with E-state index in [2.05, 4.69) is 0 Å². The van der Waals surface area contributed by atoms with Gasteiger partial charge in [0, 0.05) is 12.8 Å². The Morgan fingerprint density at radius 3 is 2.47 bits per heavy atom. The van der Waals surface area contributed by atoms with Crippen molar-refractivity contribution in [2.24, 2.45) is 5.73 Å². The summed E-state index contributed by atoms with van der Waals surface area (Å²) in [6.45, 7) is -0.188. The number of sulfone groups is 1. The van der Waals surface area contributed by atoms with E-state index in [4.69, 9.17) is 10.8 Å². The summed E-state index contributed by atoms with van der Waals surface area (Å²) in [5.74, 6) is -3.19. The van der Waals surface area contributed by atoms with Crippen LogP contribution in [0.3, 0.4) is 0 Å². The fourth-order valence-corrected chi connectivity index (χ4v) is 2.14. The van der Waals surface area contributed by atoms with Crippen molar-refractivity contribution in [3.8, 4) is 0 Å². The predicted octanol–water partition coefficient (Wildman–Crippen LogP) is 0.356. The number of halogens is 1. The van der Waals surface area contributed by atoms with Crippen molar-refractivity contribution in [3.05, 3.63) is 29.6 Å². The first-order chi connectivity index (χ1) is 7.77. The van der Waals surface area contributed by atoms with Gasteiger partial charge in [0.15, 0.2) is 9.84 Å². The molecule has 0 spiro atoms. The smallest absolute Gasteiger partial charge is 0.312 e. The first-order valence-corrected chi connectivity index (χ1v) is 6.59. The van der Waals surface area contributed by atoms with Crippen LogP contribution < -0.4 is 5.73 Å². The minimum absolute atomic E-state index is 0.143. The summed E-state index contributed by atoms with van der Waals surface area (Å²) in [4.78, 5) is 10.3. The molecular formula is C10H12FNO4S. The third-order valence-corrected chi connectivity index (χ3v) is 3.42. The highest BCUT2D eigenvalue weighted by molar-refractivity contribution is 7.90. The van der Waals surface area contributed by atoms with Crippen LogP contribution in [0.4, 0.5) is 4.39 Å². The van der Waals surface area contributed by atoms with E-state index >= 15 is 0 Å². The summed E-state index contributed by atoms with van der Waals surface area (Å²) in [5.41, 5.74) is 5.40. The van der Waals surface area contributed by atoms with Crippen molar-refractivity contribution < 1.29 is 22.7 Å². The Morgan fingerprint density at radius 2 is 2.12 bits per heavy atom. The third-order valence-electron chi connectivity index (χ3n) is 2.29. The largest absolute Gasteiger partial charge is 0.481 e. The zero-order valence-electron chi connectivity index (χ0n) is 9.05. The monoisotopic (exact) mass is 261 g/mol. The Labute approximate surface area is 98.0 Å². The lowest BCUT2D eigenvalue weighted by molar-refractivity contribution is -0.138. The van der Waals surface area contributed by atoms with Crippen LogP contribution in [-0.2, 0) is 14.6 Å². The predicted molar refractivity (Wildman–Crippen MR) is 58.9 cm³/mol. The van der Waals surface area contributed by atoms with E-state index in [9.17, 15) is 17.6 Å². The molecule has 0 saturated heterocycles. The molecular weight excluding hydrogens is 249 g/mol. The van der Waals surface area contributed by atoms with Crippen LogP contribution in [0, 0.1) is 5.82 Å². The average Bonchev–Trinajstić information content (AvgIpc) is 2.15. The number of rotatable bonds is 4. The van der Waals surface area contributed by atoms with Crippen molar-refractivity contribution in [3.63, 3.8) is 0 Å². The fourth-order valence-electron chi connectivity index (χ4n) is 1.41. The second-order valence-corrected chi connectivity index (χ2v) is 5.57. The molecule has 0 aliphatic heterocycles. The Kier molecular flexibility index (Phi) is 3.84. The van der Waals surface area contributed by atoms with Crippen molar-refractivity contribution in [2.75, 3.05) is 12.8 Å². The number of carboxylic acid groups (broad SMARTS) is 1. The molecule has 1 atom stereocenters. The van der Waals surface area contributed by atoms with Gasteiger partial charge in [0.25, 0.3) is 0 Å². The maximum absolute atomic E-state index is 13.5. The summed E-state index contributed by atoms with van der Waals surface area (Å²) >= 11 is 0. The molecule has 1 aromatic carbocycles. The maximum Gasteiger partial charge on any atom is 0.312 e. The molecule has 1 rings (SSSR count). The summed E-state index contributed by atoms with van der Waals surface area (Å²) in [5, 5.41) is 8.83.